The van der Waals surface area contributed by atoms with Crippen molar-refractivity contribution in [2.45, 2.75) is 26.7 Å². The summed E-state index contributed by atoms with van der Waals surface area (Å²) in [5, 5.41) is 3.05. The van der Waals surface area contributed by atoms with Crippen LogP contribution in [0.15, 0.2) is 12.3 Å². The smallest absolute Gasteiger partial charge is 0.305 e. The molecule has 0 saturated carbocycles. The lowest BCUT2D eigenvalue weighted by Crippen LogP contribution is -2.09. The van der Waals surface area contributed by atoms with Crippen molar-refractivity contribution in [2.75, 3.05) is 18.5 Å². The van der Waals surface area contributed by atoms with Gasteiger partial charge in [-0.1, -0.05) is 0 Å². The Hall–Kier alpha value is -1.65. The van der Waals surface area contributed by atoms with E-state index in [9.17, 15) is 4.79 Å². The summed E-state index contributed by atoms with van der Waals surface area (Å²) >= 11 is 0. The number of anilines is 1. The number of carbonyl (C=O) groups excluding carboxylic acids is 1. The molecule has 1 aromatic heterocycles. The molecule has 16 heavy (non-hydrogen) atoms. The number of ether oxygens (including phenoxy) is 1. The zero-order valence-electron chi connectivity index (χ0n) is 9.69. The Morgan fingerprint density at radius 3 is 3.06 bits per heavy atom. The molecule has 1 rings (SSSR count). The minimum Gasteiger partial charge on any atom is -0.466 e. The number of carbonyl (C=O) groups is 1. The van der Waals surface area contributed by atoms with Crippen LogP contribution in [-0.2, 0) is 9.53 Å². The van der Waals surface area contributed by atoms with Gasteiger partial charge in [0.1, 0.15) is 0 Å². The highest BCUT2D eigenvalue weighted by Gasteiger charge is 2.01. The summed E-state index contributed by atoms with van der Waals surface area (Å²) in [6, 6.07) is 1.84. The Morgan fingerprint density at radius 1 is 1.56 bits per heavy atom. The van der Waals surface area contributed by atoms with E-state index in [1.807, 2.05) is 13.0 Å². The second kappa shape index (κ2) is 6.76. The molecule has 0 amide bonds. The predicted molar refractivity (Wildman–Crippen MR) is 61.1 cm³/mol. The molecule has 0 aromatic carbocycles. The van der Waals surface area contributed by atoms with Crippen LogP contribution in [-0.4, -0.2) is 29.1 Å². The van der Waals surface area contributed by atoms with Crippen LogP contribution < -0.4 is 5.32 Å². The monoisotopic (exact) mass is 223 g/mol. The maximum absolute atomic E-state index is 11.0. The largest absolute Gasteiger partial charge is 0.466 e. The van der Waals surface area contributed by atoms with Gasteiger partial charge in [-0.25, -0.2) is 9.97 Å². The van der Waals surface area contributed by atoms with Crippen molar-refractivity contribution in [3.63, 3.8) is 0 Å². The standard InChI is InChI=1S/C11H17N3O2/c1-3-16-10(15)5-4-7-12-11-13-8-6-9(2)14-11/h6,8H,3-5,7H2,1-2H3,(H,12,13,14). The van der Waals surface area contributed by atoms with E-state index < -0.39 is 0 Å². The molecule has 0 spiro atoms. The molecular formula is C11H17N3O2. The molecule has 0 saturated heterocycles. The number of nitrogens with zero attached hydrogens (tertiary/aromatic N) is 2. The Morgan fingerprint density at radius 2 is 2.38 bits per heavy atom. The van der Waals surface area contributed by atoms with E-state index in [0.29, 0.717) is 25.5 Å². The van der Waals surface area contributed by atoms with Gasteiger partial charge in [0.25, 0.3) is 0 Å². The third kappa shape index (κ3) is 4.72. The maximum atomic E-state index is 11.0. The van der Waals surface area contributed by atoms with Crippen molar-refractivity contribution < 1.29 is 9.53 Å². The summed E-state index contributed by atoms with van der Waals surface area (Å²) in [4.78, 5) is 19.3. The third-order valence-corrected chi connectivity index (χ3v) is 1.94. The van der Waals surface area contributed by atoms with E-state index in [1.165, 1.54) is 0 Å². The molecule has 1 aromatic rings. The highest BCUT2D eigenvalue weighted by Crippen LogP contribution is 2.00. The number of hydrogen-bond donors (Lipinski definition) is 1. The summed E-state index contributed by atoms with van der Waals surface area (Å²) in [5.41, 5.74) is 0.919. The number of hydrogen-bond acceptors (Lipinski definition) is 5. The summed E-state index contributed by atoms with van der Waals surface area (Å²) in [6.07, 6.45) is 2.85. The second-order valence-electron chi connectivity index (χ2n) is 3.36. The van der Waals surface area contributed by atoms with Crippen molar-refractivity contribution in [3.05, 3.63) is 18.0 Å². The molecule has 5 heteroatoms. The molecule has 0 bridgehead atoms. The van der Waals surface area contributed by atoms with Crippen molar-refractivity contribution >= 4 is 11.9 Å². The lowest BCUT2D eigenvalue weighted by molar-refractivity contribution is -0.143. The molecule has 1 N–H and O–H groups in total. The van der Waals surface area contributed by atoms with Crippen LogP contribution in [0, 0.1) is 6.92 Å². The highest BCUT2D eigenvalue weighted by molar-refractivity contribution is 5.69. The quantitative estimate of drug-likeness (QED) is 0.585. The lowest BCUT2D eigenvalue weighted by Gasteiger charge is -2.04. The van der Waals surface area contributed by atoms with Crippen molar-refractivity contribution in [1.82, 2.24) is 9.97 Å². The van der Waals surface area contributed by atoms with E-state index in [4.69, 9.17) is 4.74 Å². The lowest BCUT2D eigenvalue weighted by atomic mass is 10.3. The second-order valence-corrected chi connectivity index (χ2v) is 3.36. The number of esters is 1. The molecule has 0 aliphatic rings. The van der Waals surface area contributed by atoms with Crippen LogP contribution >= 0.6 is 0 Å². The molecule has 0 fully saturated rings. The average molecular weight is 223 g/mol. The summed E-state index contributed by atoms with van der Waals surface area (Å²) in [5.74, 6) is 0.443. The van der Waals surface area contributed by atoms with Gasteiger partial charge in [-0.3, -0.25) is 4.79 Å². The number of aryl methyl sites for hydroxylation is 1. The van der Waals surface area contributed by atoms with Gasteiger partial charge >= 0.3 is 5.97 Å². The summed E-state index contributed by atoms with van der Waals surface area (Å²) in [7, 11) is 0. The Kier molecular flexibility index (Phi) is 5.25. The molecule has 0 aliphatic carbocycles. The van der Waals surface area contributed by atoms with Gasteiger partial charge in [0, 0.05) is 24.9 Å². The third-order valence-electron chi connectivity index (χ3n) is 1.94. The molecule has 0 radical (unpaired) electrons. The van der Waals surface area contributed by atoms with Gasteiger partial charge in [0.2, 0.25) is 5.95 Å². The molecule has 88 valence electrons. The van der Waals surface area contributed by atoms with Crippen molar-refractivity contribution in [1.29, 1.82) is 0 Å². The van der Waals surface area contributed by atoms with Crippen molar-refractivity contribution in [3.8, 4) is 0 Å². The van der Waals surface area contributed by atoms with Gasteiger partial charge in [-0.15, -0.1) is 0 Å². The van der Waals surface area contributed by atoms with Crippen LogP contribution in [0.25, 0.3) is 0 Å². The van der Waals surface area contributed by atoms with E-state index in [1.54, 1.807) is 13.1 Å². The molecular weight excluding hydrogens is 206 g/mol. The Bertz CT molecular complexity index is 342. The first kappa shape index (κ1) is 12.4. The maximum Gasteiger partial charge on any atom is 0.305 e. The molecule has 0 atom stereocenters. The fourth-order valence-corrected chi connectivity index (χ4v) is 1.20. The zero-order valence-corrected chi connectivity index (χ0v) is 9.69. The average Bonchev–Trinajstić information content (AvgIpc) is 2.25. The SMILES string of the molecule is CCOC(=O)CCCNc1nccc(C)n1. The Labute approximate surface area is 95.3 Å². The van der Waals surface area contributed by atoms with Crippen molar-refractivity contribution in [2.24, 2.45) is 0 Å². The van der Waals surface area contributed by atoms with Crippen LogP contribution in [0.5, 0.6) is 0 Å². The van der Waals surface area contributed by atoms with Gasteiger partial charge in [-0.2, -0.15) is 0 Å². The number of rotatable bonds is 6. The highest BCUT2D eigenvalue weighted by atomic mass is 16.5. The first-order valence-electron chi connectivity index (χ1n) is 5.41. The molecule has 1 heterocycles. The molecule has 0 unspecified atom stereocenters. The van der Waals surface area contributed by atoms with E-state index >= 15 is 0 Å². The van der Waals surface area contributed by atoms with Crippen LogP contribution in [0.3, 0.4) is 0 Å². The first-order valence-corrected chi connectivity index (χ1v) is 5.41. The van der Waals surface area contributed by atoms with E-state index in [0.717, 1.165) is 12.1 Å². The fraction of sp³-hybridized carbons (Fsp3) is 0.545. The summed E-state index contributed by atoms with van der Waals surface area (Å²) in [6.45, 7) is 4.82. The summed E-state index contributed by atoms with van der Waals surface area (Å²) < 4.78 is 4.82. The minimum absolute atomic E-state index is 0.158. The van der Waals surface area contributed by atoms with E-state index in [2.05, 4.69) is 15.3 Å². The van der Waals surface area contributed by atoms with Gasteiger partial charge in [0.15, 0.2) is 0 Å². The fourth-order valence-electron chi connectivity index (χ4n) is 1.20. The normalized spacial score (nSPS) is 9.88. The number of nitrogens with one attached hydrogen (secondary N) is 1. The van der Waals surface area contributed by atoms with Gasteiger partial charge < -0.3 is 10.1 Å². The zero-order chi connectivity index (χ0) is 11.8. The predicted octanol–water partition coefficient (Wildman–Crippen LogP) is 1.54. The minimum atomic E-state index is -0.158. The van der Waals surface area contributed by atoms with Gasteiger partial charge in [0.05, 0.1) is 6.61 Å². The molecule has 0 aliphatic heterocycles. The topological polar surface area (TPSA) is 64.1 Å². The Balaban J connectivity index is 2.18. The number of aromatic nitrogens is 2. The molecule has 5 nitrogen and oxygen atoms in total. The van der Waals surface area contributed by atoms with Crippen LogP contribution in [0.1, 0.15) is 25.5 Å². The van der Waals surface area contributed by atoms with Crippen LogP contribution in [0.2, 0.25) is 0 Å². The van der Waals surface area contributed by atoms with Gasteiger partial charge in [-0.05, 0) is 26.3 Å². The first-order chi connectivity index (χ1) is 7.72. The van der Waals surface area contributed by atoms with E-state index in [-0.39, 0.29) is 5.97 Å². The van der Waals surface area contributed by atoms with Crippen LogP contribution in [0.4, 0.5) is 5.95 Å².